The molecule has 0 saturated heterocycles. The molecule has 0 spiro atoms. The van der Waals surface area contributed by atoms with Gasteiger partial charge in [-0.15, -0.1) is 0 Å². The van der Waals surface area contributed by atoms with E-state index in [4.69, 9.17) is 5.21 Å². The topological polar surface area (TPSA) is 83.5 Å². The van der Waals surface area contributed by atoms with Gasteiger partial charge in [-0.25, -0.2) is 13.9 Å². The predicted octanol–water partition coefficient (Wildman–Crippen LogP) is 4.77. The van der Waals surface area contributed by atoms with Gasteiger partial charge in [-0.05, 0) is 41.8 Å². The number of nitrogens with one attached hydrogen (secondary N) is 1. The van der Waals surface area contributed by atoms with Gasteiger partial charge in [-0.2, -0.15) is 0 Å². The molecule has 0 aliphatic heterocycles. The number of carbonyl (C=O) groups is 1. The number of hydrogen-bond acceptors (Lipinski definition) is 5. The largest absolute Gasteiger partial charge is 0.289 e. The van der Waals surface area contributed by atoms with Gasteiger partial charge in [0.2, 0.25) is 5.91 Å². The van der Waals surface area contributed by atoms with Crippen LogP contribution in [0.2, 0.25) is 0 Å². The summed E-state index contributed by atoms with van der Waals surface area (Å²) in [5.74, 6) is -0.908. The second-order valence-corrected chi connectivity index (χ2v) is 10.7. The molecule has 0 bridgehead atoms. The van der Waals surface area contributed by atoms with Crippen LogP contribution in [0.5, 0.6) is 0 Å². The van der Waals surface area contributed by atoms with E-state index in [1.54, 1.807) is 23.9 Å². The van der Waals surface area contributed by atoms with Crippen LogP contribution in [-0.4, -0.2) is 30.5 Å². The summed E-state index contributed by atoms with van der Waals surface area (Å²) in [5.41, 5.74) is 3.25. The van der Waals surface area contributed by atoms with E-state index in [1.807, 2.05) is 84.9 Å². The maximum absolute atomic E-state index is 12.9. The lowest BCUT2D eigenvalue weighted by Crippen LogP contribution is -2.32. The van der Waals surface area contributed by atoms with Gasteiger partial charge in [-0.3, -0.25) is 10.0 Å². The molecule has 3 rings (SSSR count). The summed E-state index contributed by atoms with van der Waals surface area (Å²) >= 11 is 1.66. The lowest BCUT2D eigenvalue weighted by molar-refractivity contribution is -0.129. The third-order valence-corrected chi connectivity index (χ3v) is 7.87. The first-order valence-electron chi connectivity index (χ1n) is 10.1. The standard InChI is InChI=1S/C25H25NO4S2/c27-25(26-28)19-24(18-21-8-3-1-4-9-21)32(29,30)17-7-10-20-13-15-23(16-14-20)31-22-11-5-2-6-12-22/h1-16,24,28H,17-19H2,(H,26,27). The Bertz CT molecular complexity index is 1130. The van der Waals surface area contributed by atoms with Gasteiger partial charge in [0.15, 0.2) is 9.84 Å². The van der Waals surface area contributed by atoms with E-state index in [2.05, 4.69) is 0 Å². The van der Waals surface area contributed by atoms with Crippen molar-refractivity contribution in [2.75, 3.05) is 5.75 Å². The summed E-state index contributed by atoms with van der Waals surface area (Å²) in [6, 6.07) is 27.1. The highest BCUT2D eigenvalue weighted by Gasteiger charge is 2.27. The van der Waals surface area contributed by atoms with Crippen LogP contribution in [0, 0.1) is 0 Å². The van der Waals surface area contributed by atoms with Crippen molar-refractivity contribution in [1.29, 1.82) is 0 Å². The molecular formula is C25H25NO4S2. The Kier molecular flexibility index (Phi) is 8.67. The molecule has 0 radical (unpaired) electrons. The van der Waals surface area contributed by atoms with Gasteiger partial charge in [0.25, 0.3) is 0 Å². The first-order chi connectivity index (χ1) is 15.5. The Balaban J connectivity index is 1.64. The van der Waals surface area contributed by atoms with E-state index in [-0.39, 0.29) is 18.6 Å². The fraction of sp³-hybridized carbons (Fsp3) is 0.160. The van der Waals surface area contributed by atoms with Gasteiger partial charge in [0.1, 0.15) is 0 Å². The van der Waals surface area contributed by atoms with E-state index in [1.165, 1.54) is 5.48 Å². The van der Waals surface area contributed by atoms with Gasteiger partial charge in [0, 0.05) is 16.2 Å². The summed E-state index contributed by atoms with van der Waals surface area (Å²) < 4.78 is 25.8. The van der Waals surface area contributed by atoms with Crippen molar-refractivity contribution in [3.8, 4) is 0 Å². The first-order valence-corrected chi connectivity index (χ1v) is 12.7. The molecule has 0 aliphatic carbocycles. The average Bonchev–Trinajstić information content (AvgIpc) is 2.81. The van der Waals surface area contributed by atoms with Gasteiger partial charge >= 0.3 is 0 Å². The molecule has 0 heterocycles. The highest BCUT2D eigenvalue weighted by atomic mass is 32.2. The van der Waals surface area contributed by atoms with Crippen LogP contribution in [-0.2, 0) is 21.1 Å². The van der Waals surface area contributed by atoms with E-state index in [0.29, 0.717) is 0 Å². The van der Waals surface area contributed by atoms with Crippen molar-refractivity contribution < 1.29 is 18.4 Å². The monoisotopic (exact) mass is 467 g/mol. The molecule has 0 aromatic heterocycles. The molecule has 3 aromatic rings. The average molecular weight is 468 g/mol. The molecular weight excluding hydrogens is 442 g/mol. The molecule has 0 aliphatic rings. The molecule has 7 heteroatoms. The SMILES string of the molecule is O=C(CC(Cc1ccccc1)S(=O)(=O)CC=Cc1ccc(Sc2ccccc2)cc1)NO. The van der Waals surface area contributed by atoms with Crippen molar-refractivity contribution in [3.05, 3.63) is 102 Å². The number of rotatable bonds is 10. The van der Waals surface area contributed by atoms with E-state index < -0.39 is 21.0 Å². The van der Waals surface area contributed by atoms with Crippen LogP contribution in [0.15, 0.2) is 101 Å². The zero-order chi connectivity index (χ0) is 22.8. The minimum atomic E-state index is -3.61. The second-order valence-electron chi connectivity index (χ2n) is 7.27. The molecule has 32 heavy (non-hydrogen) atoms. The van der Waals surface area contributed by atoms with Crippen LogP contribution in [0.1, 0.15) is 17.5 Å². The summed E-state index contributed by atoms with van der Waals surface area (Å²) in [7, 11) is -3.61. The highest BCUT2D eigenvalue weighted by Crippen LogP contribution is 2.27. The number of benzene rings is 3. The molecule has 5 nitrogen and oxygen atoms in total. The summed E-state index contributed by atoms with van der Waals surface area (Å²) in [6.07, 6.45) is 3.27. The van der Waals surface area contributed by atoms with Gasteiger partial charge in [0.05, 0.1) is 11.0 Å². The Morgan fingerprint density at radius 1 is 0.906 bits per heavy atom. The van der Waals surface area contributed by atoms with Crippen molar-refractivity contribution in [2.24, 2.45) is 0 Å². The van der Waals surface area contributed by atoms with E-state index in [0.717, 1.165) is 20.9 Å². The zero-order valence-corrected chi connectivity index (χ0v) is 19.1. The maximum atomic E-state index is 12.9. The molecule has 1 unspecified atom stereocenters. The van der Waals surface area contributed by atoms with Crippen molar-refractivity contribution >= 4 is 33.6 Å². The zero-order valence-electron chi connectivity index (χ0n) is 17.4. The van der Waals surface area contributed by atoms with Gasteiger partial charge < -0.3 is 0 Å². The Labute approximate surface area is 193 Å². The summed E-state index contributed by atoms with van der Waals surface area (Å²) in [4.78, 5) is 13.9. The second kappa shape index (κ2) is 11.7. The highest BCUT2D eigenvalue weighted by molar-refractivity contribution is 7.99. The molecule has 166 valence electrons. The van der Waals surface area contributed by atoms with Crippen LogP contribution in [0.3, 0.4) is 0 Å². The van der Waals surface area contributed by atoms with Crippen molar-refractivity contribution in [2.45, 2.75) is 27.9 Å². The van der Waals surface area contributed by atoms with E-state index >= 15 is 0 Å². The number of hydrogen-bond donors (Lipinski definition) is 2. The molecule has 2 N–H and O–H groups in total. The Hall–Kier alpha value is -2.87. The third kappa shape index (κ3) is 7.37. The molecule has 0 fully saturated rings. The number of carbonyl (C=O) groups excluding carboxylic acids is 1. The number of hydroxylamine groups is 1. The van der Waals surface area contributed by atoms with Crippen LogP contribution in [0.25, 0.3) is 6.08 Å². The number of amides is 1. The summed E-state index contributed by atoms with van der Waals surface area (Å²) in [6.45, 7) is 0. The maximum Gasteiger partial charge on any atom is 0.244 e. The van der Waals surface area contributed by atoms with Crippen molar-refractivity contribution in [3.63, 3.8) is 0 Å². The van der Waals surface area contributed by atoms with Crippen LogP contribution < -0.4 is 5.48 Å². The fourth-order valence-corrected chi connectivity index (χ4v) is 5.51. The van der Waals surface area contributed by atoms with Crippen LogP contribution in [0.4, 0.5) is 0 Å². The lowest BCUT2D eigenvalue weighted by atomic mass is 10.1. The lowest BCUT2D eigenvalue weighted by Gasteiger charge is -2.16. The molecule has 1 atom stereocenters. The minimum absolute atomic E-state index is 0.191. The predicted molar refractivity (Wildman–Crippen MR) is 128 cm³/mol. The summed E-state index contributed by atoms with van der Waals surface area (Å²) in [5, 5.41) is 7.92. The molecule has 3 aromatic carbocycles. The molecule has 1 amide bonds. The fourth-order valence-electron chi connectivity index (χ4n) is 3.18. The normalized spacial score (nSPS) is 12.5. The van der Waals surface area contributed by atoms with Crippen LogP contribution >= 0.6 is 11.8 Å². The van der Waals surface area contributed by atoms with E-state index in [9.17, 15) is 13.2 Å². The first kappa shape index (κ1) is 23.8. The smallest absolute Gasteiger partial charge is 0.244 e. The molecule has 0 saturated carbocycles. The quantitative estimate of drug-likeness (QED) is 0.331. The number of sulfone groups is 1. The Morgan fingerprint density at radius 2 is 1.50 bits per heavy atom. The third-order valence-electron chi connectivity index (χ3n) is 4.85. The van der Waals surface area contributed by atoms with Crippen molar-refractivity contribution in [1.82, 2.24) is 5.48 Å². The Morgan fingerprint density at radius 3 is 2.12 bits per heavy atom. The minimum Gasteiger partial charge on any atom is -0.289 e. The van der Waals surface area contributed by atoms with Gasteiger partial charge in [-0.1, -0.05) is 84.6 Å².